The first kappa shape index (κ1) is 15.8. The normalized spacial score (nSPS) is 22.0. The molecule has 2 N–H and O–H groups in total. The molecule has 1 heterocycles. The fourth-order valence-corrected chi connectivity index (χ4v) is 3.00. The molecule has 0 aromatic heterocycles. The number of nitrogens with one attached hydrogen (secondary N) is 1. The molecule has 2 unspecified atom stereocenters. The number of nitrogens with zero attached hydrogens (tertiary/aromatic N) is 1. The Labute approximate surface area is 132 Å². The zero-order valence-electron chi connectivity index (χ0n) is 12.1. The molecule has 1 aliphatic heterocycles. The molecular formula is C15H19BrN2O3. The van der Waals surface area contributed by atoms with E-state index in [-0.39, 0.29) is 17.6 Å². The quantitative estimate of drug-likeness (QED) is 0.848. The van der Waals surface area contributed by atoms with Crippen LogP contribution in [0, 0.1) is 5.92 Å². The molecule has 1 aliphatic rings. The van der Waals surface area contributed by atoms with E-state index in [0.29, 0.717) is 16.1 Å². The number of amides is 2. The Balaban J connectivity index is 2.12. The van der Waals surface area contributed by atoms with Crippen LogP contribution in [0.1, 0.15) is 37.0 Å². The summed E-state index contributed by atoms with van der Waals surface area (Å²) in [6.07, 6.45) is 1.98. The Hall–Kier alpha value is -1.56. The van der Waals surface area contributed by atoms with Gasteiger partial charge in [-0.3, -0.25) is 0 Å². The van der Waals surface area contributed by atoms with Gasteiger partial charge in [0, 0.05) is 17.1 Å². The number of rotatable bonds is 2. The van der Waals surface area contributed by atoms with Crippen LogP contribution in [-0.4, -0.2) is 34.6 Å². The molecule has 2 atom stereocenters. The molecule has 1 fully saturated rings. The lowest BCUT2D eigenvalue weighted by Gasteiger charge is -2.36. The van der Waals surface area contributed by atoms with E-state index in [1.807, 2.05) is 6.92 Å². The van der Waals surface area contributed by atoms with E-state index in [0.717, 1.165) is 19.4 Å². The van der Waals surface area contributed by atoms with Gasteiger partial charge in [0.2, 0.25) is 0 Å². The van der Waals surface area contributed by atoms with E-state index in [9.17, 15) is 9.59 Å². The van der Waals surface area contributed by atoms with E-state index in [4.69, 9.17) is 5.11 Å². The largest absolute Gasteiger partial charge is 0.478 e. The topological polar surface area (TPSA) is 69.6 Å². The van der Waals surface area contributed by atoms with E-state index in [1.54, 1.807) is 11.0 Å². The third-order valence-corrected chi connectivity index (χ3v) is 4.55. The maximum atomic E-state index is 12.4. The highest BCUT2D eigenvalue weighted by atomic mass is 79.9. The summed E-state index contributed by atoms with van der Waals surface area (Å²) < 4.78 is 0.666. The molecule has 6 heteroatoms. The number of piperidine rings is 1. The van der Waals surface area contributed by atoms with E-state index >= 15 is 0 Å². The molecule has 0 spiro atoms. The van der Waals surface area contributed by atoms with Crippen LogP contribution in [0.2, 0.25) is 0 Å². The molecule has 21 heavy (non-hydrogen) atoms. The van der Waals surface area contributed by atoms with Crippen LogP contribution in [0.5, 0.6) is 0 Å². The lowest BCUT2D eigenvalue weighted by molar-refractivity contribution is 0.0697. The Morgan fingerprint density at radius 1 is 1.38 bits per heavy atom. The molecule has 0 radical (unpaired) electrons. The molecule has 0 saturated carbocycles. The van der Waals surface area contributed by atoms with Crippen LogP contribution >= 0.6 is 15.9 Å². The summed E-state index contributed by atoms with van der Waals surface area (Å²) in [6.45, 7) is 4.96. The third-order valence-electron chi connectivity index (χ3n) is 3.85. The molecule has 0 bridgehead atoms. The van der Waals surface area contributed by atoms with Crippen LogP contribution in [0.4, 0.5) is 10.5 Å². The number of aromatic carboxylic acids is 1. The van der Waals surface area contributed by atoms with E-state index in [2.05, 4.69) is 28.2 Å². The predicted molar refractivity (Wildman–Crippen MR) is 84.7 cm³/mol. The maximum Gasteiger partial charge on any atom is 0.335 e. The Bertz CT molecular complexity index is 562. The fraction of sp³-hybridized carbons (Fsp3) is 0.467. The number of urea groups is 1. The van der Waals surface area contributed by atoms with Crippen molar-refractivity contribution in [2.45, 2.75) is 32.7 Å². The minimum atomic E-state index is -1.02. The van der Waals surface area contributed by atoms with Crippen LogP contribution in [-0.2, 0) is 0 Å². The van der Waals surface area contributed by atoms with E-state index in [1.165, 1.54) is 12.1 Å². The number of carboxylic acids is 1. The Morgan fingerprint density at radius 3 is 2.71 bits per heavy atom. The van der Waals surface area contributed by atoms with Crippen molar-refractivity contribution in [3.05, 3.63) is 28.2 Å². The molecule has 2 amide bonds. The summed E-state index contributed by atoms with van der Waals surface area (Å²) in [6, 6.07) is 4.59. The molecule has 1 saturated heterocycles. The van der Waals surface area contributed by atoms with Crippen molar-refractivity contribution in [1.82, 2.24) is 4.90 Å². The number of halogens is 1. The van der Waals surface area contributed by atoms with Crippen LogP contribution < -0.4 is 5.32 Å². The molecule has 0 aliphatic carbocycles. The molecule has 114 valence electrons. The van der Waals surface area contributed by atoms with Gasteiger partial charge in [0.05, 0.1) is 11.3 Å². The van der Waals surface area contributed by atoms with Crippen molar-refractivity contribution in [3.8, 4) is 0 Å². The molecule has 2 rings (SSSR count). The minimum Gasteiger partial charge on any atom is -0.478 e. The third kappa shape index (κ3) is 3.75. The molecule has 1 aromatic rings. The van der Waals surface area contributed by atoms with Crippen molar-refractivity contribution in [3.63, 3.8) is 0 Å². The van der Waals surface area contributed by atoms with Gasteiger partial charge in [0.15, 0.2) is 0 Å². The number of hydrogen-bond acceptors (Lipinski definition) is 2. The van der Waals surface area contributed by atoms with Crippen molar-refractivity contribution in [2.24, 2.45) is 5.92 Å². The number of carboxylic acid groups (broad SMARTS) is 1. The number of carbonyl (C=O) groups excluding carboxylic acids is 1. The highest BCUT2D eigenvalue weighted by Crippen LogP contribution is 2.26. The second-order valence-corrected chi connectivity index (χ2v) is 6.46. The maximum absolute atomic E-state index is 12.4. The Morgan fingerprint density at radius 2 is 2.10 bits per heavy atom. The predicted octanol–water partition coefficient (Wildman–Crippen LogP) is 3.80. The van der Waals surface area contributed by atoms with Crippen molar-refractivity contribution in [2.75, 3.05) is 11.9 Å². The van der Waals surface area contributed by atoms with Gasteiger partial charge >= 0.3 is 12.0 Å². The van der Waals surface area contributed by atoms with E-state index < -0.39 is 5.97 Å². The molecular weight excluding hydrogens is 336 g/mol. The van der Waals surface area contributed by atoms with Gasteiger partial charge in [-0.15, -0.1) is 0 Å². The van der Waals surface area contributed by atoms with Crippen molar-refractivity contribution < 1.29 is 14.7 Å². The average Bonchev–Trinajstić information content (AvgIpc) is 2.40. The number of benzene rings is 1. The zero-order chi connectivity index (χ0) is 15.6. The van der Waals surface area contributed by atoms with Gasteiger partial charge in [-0.25, -0.2) is 9.59 Å². The van der Waals surface area contributed by atoms with Crippen LogP contribution in [0.15, 0.2) is 22.7 Å². The first-order valence-electron chi connectivity index (χ1n) is 6.99. The fourth-order valence-electron chi connectivity index (χ4n) is 2.65. The Kier molecular flexibility index (Phi) is 4.88. The summed E-state index contributed by atoms with van der Waals surface area (Å²) in [5, 5.41) is 11.8. The lowest BCUT2D eigenvalue weighted by atomic mass is 9.94. The number of hydrogen-bond donors (Lipinski definition) is 2. The lowest BCUT2D eigenvalue weighted by Crippen LogP contribution is -2.46. The highest BCUT2D eigenvalue weighted by Gasteiger charge is 2.27. The molecule has 1 aromatic carbocycles. The zero-order valence-corrected chi connectivity index (χ0v) is 13.7. The summed E-state index contributed by atoms with van der Waals surface area (Å²) in [7, 11) is 0. The smallest absolute Gasteiger partial charge is 0.335 e. The highest BCUT2D eigenvalue weighted by molar-refractivity contribution is 9.10. The number of carbonyl (C=O) groups is 2. The monoisotopic (exact) mass is 354 g/mol. The van der Waals surface area contributed by atoms with Gasteiger partial charge in [0.1, 0.15) is 0 Å². The second-order valence-electron chi connectivity index (χ2n) is 5.60. The summed E-state index contributed by atoms with van der Waals surface area (Å²) in [5.41, 5.74) is 0.625. The van der Waals surface area contributed by atoms with Crippen molar-refractivity contribution >= 4 is 33.6 Å². The minimum absolute atomic E-state index is 0.147. The van der Waals surface area contributed by atoms with Gasteiger partial charge in [0.25, 0.3) is 0 Å². The van der Waals surface area contributed by atoms with Crippen LogP contribution in [0.3, 0.4) is 0 Å². The van der Waals surface area contributed by atoms with Crippen molar-refractivity contribution in [1.29, 1.82) is 0 Å². The van der Waals surface area contributed by atoms with Crippen LogP contribution in [0.25, 0.3) is 0 Å². The number of likely N-dealkylation sites (tertiary alicyclic amines) is 1. The van der Waals surface area contributed by atoms with Gasteiger partial charge in [-0.1, -0.05) is 6.92 Å². The average molecular weight is 355 g/mol. The van der Waals surface area contributed by atoms with Gasteiger partial charge in [-0.05, 0) is 59.8 Å². The molecule has 5 nitrogen and oxygen atoms in total. The number of anilines is 1. The second kappa shape index (κ2) is 6.47. The van der Waals surface area contributed by atoms with Gasteiger partial charge in [-0.2, -0.15) is 0 Å². The first-order valence-corrected chi connectivity index (χ1v) is 7.78. The van der Waals surface area contributed by atoms with Gasteiger partial charge < -0.3 is 15.3 Å². The summed E-state index contributed by atoms with van der Waals surface area (Å²) in [5.74, 6) is -0.385. The standard InChI is InChI=1S/C15H19BrN2O3/c1-9-5-6-18(10(2)7-9)15(21)17-13-8-11(14(19)20)3-4-12(13)16/h3-4,8-10H,5-7H2,1-2H3,(H,17,21)(H,19,20). The SMILES string of the molecule is CC1CCN(C(=O)Nc2cc(C(=O)O)ccc2Br)C(C)C1. The summed E-state index contributed by atoms with van der Waals surface area (Å²) in [4.78, 5) is 25.2. The first-order chi connectivity index (χ1) is 9.88. The summed E-state index contributed by atoms with van der Waals surface area (Å²) >= 11 is 3.33.